The molecule has 0 aliphatic rings. The molecule has 0 unspecified atom stereocenters. The second-order valence-electron chi connectivity index (χ2n) is 7.57. The summed E-state index contributed by atoms with van der Waals surface area (Å²) in [7, 11) is 1.55. The van der Waals surface area contributed by atoms with Gasteiger partial charge in [0.2, 0.25) is 11.2 Å². The van der Waals surface area contributed by atoms with Gasteiger partial charge in [-0.05, 0) is 68.4 Å². The molecule has 0 spiro atoms. The highest BCUT2D eigenvalue weighted by molar-refractivity contribution is 6.35. The predicted octanol–water partition coefficient (Wildman–Crippen LogP) is 6.46. The highest BCUT2D eigenvalue weighted by Crippen LogP contribution is 2.33. The second kappa shape index (κ2) is 9.79. The fourth-order valence-electron chi connectivity index (χ4n) is 3.31. The van der Waals surface area contributed by atoms with Crippen LogP contribution in [0.1, 0.15) is 12.5 Å². The molecule has 4 aromatic rings. The van der Waals surface area contributed by atoms with Crippen LogP contribution in [0.5, 0.6) is 17.2 Å². The number of ether oxygens (including phenoxy) is 3. The van der Waals surface area contributed by atoms with Crippen molar-refractivity contribution in [3.63, 3.8) is 0 Å². The van der Waals surface area contributed by atoms with E-state index in [0.717, 1.165) is 5.56 Å². The molecule has 6 nitrogen and oxygen atoms in total. The van der Waals surface area contributed by atoms with Crippen LogP contribution in [0.15, 0.2) is 69.9 Å². The Bertz CT molecular complexity index is 1430. The summed E-state index contributed by atoms with van der Waals surface area (Å²) in [5.74, 6) is -0.0185. The van der Waals surface area contributed by atoms with Gasteiger partial charge in [-0.15, -0.1) is 0 Å². The smallest absolute Gasteiger partial charge is 0.352 e. The highest BCUT2D eigenvalue weighted by atomic mass is 35.5. The number of carbonyl (C=O) groups is 1. The van der Waals surface area contributed by atoms with E-state index in [9.17, 15) is 9.59 Å². The molecule has 0 aliphatic heterocycles. The van der Waals surface area contributed by atoms with Gasteiger partial charge in [-0.2, -0.15) is 0 Å². The molecule has 3 aromatic carbocycles. The molecular weight excluding hydrogens is 479 g/mol. The zero-order valence-electron chi connectivity index (χ0n) is 18.6. The number of fused-ring (bicyclic) bond motifs is 1. The van der Waals surface area contributed by atoms with E-state index in [4.69, 9.17) is 41.8 Å². The topological polar surface area (TPSA) is 75.0 Å². The zero-order valence-corrected chi connectivity index (χ0v) is 20.1. The number of hydrogen-bond acceptors (Lipinski definition) is 6. The molecule has 1 atom stereocenters. The molecule has 0 N–H and O–H groups in total. The Morgan fingerprint density at radius 3 is 2.41 bits per heavy atom. The monoisotopic (exact) mass is 498 g/mol. The van der Waals surface area contributed by atoms with Crippen LogP contribution in [0.3, 0.4) is 0 Å². The van der Waals surface area contributed by atoms with Crippen molar-refractivity contribution in [2.45, 2.75) is 20.0 Å². The van der Waals surface area contributed by atoms with Crippen molar-refractivity contribution in [2.24, 2.45) is 0 Å². The first kappa shape index (κ1) is 23.7. The Hall–Kier alpha value is -3.48. The van der Waals surface area contributed by atoms with Gasteiger partial charge in [0.1, 0.15) is 17.1 Å². The normalized spacial score (nSPS) is 11.8. The molecule has 8 heteroatoms. The van der Waals surface area contributed by atoms with Gasteiger partial charge in [0.15, 0.2) is 11.9 Å². The maximum absolute atomic E-state index is 13.4. The maximum Gasteiger partial charge on any atom is 0.352 e. The third-order valence-corrected chi connectivity index (χ3v) is 5.62. The van der Waals surface area contributed by atoms with Gasteiger partial charge in [0.25, 0.3) is 0 Å². The van der Waals surface area contributed by atoms with Crippen molar-refractivity contribution in [2.75, 3.05) is 7.11 Å². The van der Waals surface area contributed by atoms with Gasteiger partial charge >= 0.3 is 5.97 Å². The zero-order chi connectivity index (χ0) is 24.4. The largest absolute Gasteiger partial charge is 0.497 e. The van der Waals surface area contributed by atoms with Crippen LogP contribution in [-0.2, 0) is 4.79 Å². The Morgan fingerprint density at radius 1 is 1.00 bits per heavy atom. The standard InChI is InChI=1S/C26H20Cl2O6/c1-14-4-10-21-19(12-14)23(29)25(24(33-21)16-5-8-18(31-3)9-6-16)34-26(30)15(2)32-22-11-7-17(27)13-20(22)28/h4-13,15H,1-3H3/t15-/m0/s1. The lowest BCUT2D eigenvalue weighted by Crippen LogP contribution is -2.30. The molecule has 1 heterocycles. The van der Waals surface area contributed by atoms with Crippen LogP contribution in [0.2, 0.25) is 10.0 Å². The Morgan fingerprint density at radius 2 is 1.74 bits per heavy atom. The molecule has 1 aromatic heterocycles. The SMILES string of the molecule is COc1ccc(-c2oc3ccc(C)cc3c(=O)c2OC(=O)[C@H](C)Oc2ccc(Cl)cc2Cl)cc1. The molecule has 0 saturated carbocycles. The molecule has 0 saturated heterocycles. The lowest BCUT2D eigenvalue weighted by Gasteiger charge is -2.16. The minimum absolute atomic E-state index is 0.120. The number of methoxy groups -OCH3 is 1. The Kier molecular flexibility index (Phi) is 6.82. The van der Waals surface area contributed by atoms with Gasteiger partial charge in [-0.25, -0.2) is 4.79 Å². The fraction of sp³-hybridized carbons (Fsp3) is 0.154. The second-order valence-corrected chi connectivity index (χ2v) is 8.42. The number of hydrogen-bond donors (Lipinski definition) is 0. The molecule has 4 rings (SSSR count). The molecule has 0 aliphatic carbocycles. The highest BCUT2D eigenvalue weighted by Gasteiger charge is 2.25. The first-order valence-electron chi connectivity index (χ1n) is 10.3. The summed E-state index contributed by atoms with van der Waals surface area (Å²) in [6.07, 6.45) is -1.07. The maximum atomic E-state index is 13.4. The van der Waals surface area contributed by atoms with Crippen molar-refractivity contribution in [1.82, 2.24) is 0 Å². The third kappa shape index (κ3) is 4.88. The number of aryl methyl sites for hydroxylation is 1. The van der Waals surface area contributed by atoms with E-state index >= 15 is 0 Å². The average Bonchev–Trinajstić information content (AvgIpc) is 2.82. The van der Waals surface area contributed by atoms with Gasteiger partial charge in [0, 0.05) is 10.6 Å². The van der Waals surface area contributed by atoms with Gasteiger partial charge < -0.3 is 18.6 Å². The summed E-state index contributed by atoms with van der Waals surface area (Å²) < 4.78 is 22.4. The van der Waals surface area contributed by atoms with E-state index in [0.29, 0.717) is 27.3 Å². The molecule has 0 fully saturated rings. The molecule has 34 heavy (non-hydrogen) atoms. The first-order valence-corrected chi connectivity index (χ1v) is 11.1. The summed E-state index contributed by atoms with van der Waals surface area (Å²) in [5.41, 5.74) is 1.31. The number of benzene rings is 3. The number of rotatable bonds is 6. The lowest BCUT2D eigenvalue weighted by atomic mass is 10.1. The minimum atomic E-state index is -1.07. The number of halogens is 2. The molecule has 0 radical (unpaired) electrons. The Labute approximate surface area is 205 Å². The van der Waals surface area contributed by atoms with E-state index in [-0.39, 0.29) is 22.3 Å². The van der Waals surface area contributed by atoms with Gasteiger partial charge in [-0.1, -0.05) is 34.8 Å². The van der Waals surface area contributed by atoms with Crippen molar-refractivity contribution >= 4 is 40.1 Å². The molecule has 0 bridgehead atoms. The lowest BCUT2D eigenvalue weighted by molar-refractivity contribution is -0.141. The molecule has 0 amide bonds. The number of carbonyl (C=O) groups excluding carboxylic acids is 1. The van der Waals surface area contributed by atoms with Crippen LogP contribution >= 0.6 is 23.2 Å². The van der Waals surface area contributed by atoms with E-state index in [1.54, 1.807) is 55.6 Å². The van der Waals surface area contributed by atoms with Crippen LogP contribution in [0.4, 0.5) is 0 Å². The quantitative estimate of drug-likeness (QED) is 0.284. The average molecular weight is 499 g/mol. The predicted molar refractivity (Wildman–Crippen MR) is 131 cm³/mol. The minimum Gasteiger partial charge on any atom is -0.497 e. The summed E-state index contributed by atoms with van der Waals surface area (Å²) in [4.78, 5) is 26.3. The number of esters is 1. The fourth-order valence-corrected chi connectivity index (χ4v) is 3.76. The van der Waals surface area contributed by atoms with Crippen molar-refractivity contribution in [1.29, 1.82) is 0 Å². The van der Waals surface area contributed by atoms with Crippen LogP contribution in [0.25, 0.3) is 22.3 Å². The van der Waals surface area contributed by atoms with E-state index in [2.05, 4.69) is 0 Å². The summed E-state index contributed by atoms with van der Waals surface area (Å²) >= 11 is 12.0. The van der Waals surface area contributed by atoms with Gasteiger partial charge in [-0.3, -0.25) is 4.79 Å². The first-order chi connectivity index (χ1) is 16.3. The summed E-state index contributed by atoms with van der Waals surface area (Å²) in [6.45, 7) is 3.35. The van der Waals surface area contributed by atoms with Gasteiger partial charge in [0.05, 0.1) is 17.5 Å². The Balaban J connectivity index is 1.74. The van der Waals surface area contributed by atoms with Crippen molar-refractivity contribution in [3.8, 4) is 28.6 Å². The van der Waals surface area contributed by atoms with Crippen molar-refractivity contribution < 1.29 is 23.4 Å². The summed E-state index contributed by atoms with van der Waals surface area (Å²) in [5, 5.41) is 0.974. The van der Waals surface area contributed by atoms with E-state index in [1.165, 1.54) is 13.0 Å². The van der Waals surface area contributed by atoms with Crippen LogP contribution in [-0.4, -0.2) is 19.2 Å². The van der Waals surface area contributed by atoms with E-state index in [1.807, 2.05) is 13.0 Å². The molecular formula is C26H20Cl2O6. The molecule has 174 valence electrons. The van der Waals surface area contributed by atoms with E-state index < -0.39 is 17.5 Å². The van der Waals surface area contributed by atoms with Crippen LogP contribution in [0, 0.1) is 6.92 Å². The summed E-state index contributed by atoms with van der Waals surface area (Å²) in [6, 6.07) is 16.7. The van der Waals surface area contributed by atoms with Crippen LogP contribution < -0.4 is 19.6 Å². The van der Waals surface area contributed by atoms with Crippen molar-refractivity contribution in [3.05, 3.63) is 86.5 Å². The third-order valence-electron chi connectivity index (χ3n) is 5.09.